The van der Waals surface area contributed by atoms with E-state index in [-0.39, 0.29) is 11.9 Å². The van der Waals surface area contributed by atoms with Crippen molar-refractivity contribution in [2.75, 3.05) is 14.2 Å². The monoisotopic (exact) mass is 930 g/mol. The molecule has 0 fully saturated rings. The minimum Gasteiger partial charge on any atom is -0.487 e. The van der Waals surface area contributed by atoms with Gasteiger partial charge in [0.2, 0.25) is 0 Å². The number of carbonyl (C=O) groups is 2. The van der Waals surface area contributed by atoms with E-state index < -0.39 is 0 Å². The molecule has 10 rings (SSSR count). The molecule has 0 saturated carbocycles. The summed E-state index contributed by atoms with van der Waals surface area (Å²) in [5.74, 6) is 1.85. The Kier molecular flexibility index (Phi) is 14.5. The largest absolute Gasteiger partial charge is 0.487 e. The number of ether oxygens (including phenoxy) is 4. The summed E-state index contributed by atoms with van der Waals surface area (Å²) in [5, 5.41) is 30.1. The van der Waals surface area contributed by atoms with E-state index in [9.17, 15) is 9.59 Å². The highest BCUT2D eigenvalue weighted by atomic mass is 16.5. The van der Waals surface area contributed by atoms with Gasteiger partial charge in [0.05, 0.1) is 47.8 Å². The number of para-hydroxylation sites is 2. The first-order valence-electron chi connectivity index (χ1n) is 22.3. The number of fused-ring (bicyclic) bond motifs is 2. The second-order valence-corrected chi connectivity index (χ2v) is 16.2. The van der Waals surface area contributed by atoms with Crippen molar-refractivity contribution in [3.63, 3.8) is 0 Å². The summed E-state index contributed by atoms with van der Waals surface area (Å²) in [6.45, 7) is 0.755. The first-order valence-corrected chi connectivity index (χ1v) is 22.3. The van der Waals surface area contributed by atoms with Gasteiger partial charge in [-0.15, -0.1) is 20.4 Å². The van der Waals surface area contributed by atoms with Gasteiger partial charge in [0.1, 0.15) is 24.7 Å². The lowest BCUT2D eigenvalue weighted by molar-refractivity contribution is 0.0590. The van der Waals surface area contributed by atoms with E-state index in [0.717, 1.165) is 78.1 Å². The molecule has 2 N–H and O–H groups in total. The zero-order valence-corrected chi connectivity index (χ0v) is 38.3. The molecule has 6 aromatic carbocycles. The topological polar surface area (TPSA) is 206 Å². The summed E-state index contributed by atoms with van der Waals surface area (Å²) in [6.07, 6.45) is 2.07. The molecule has 0 bridgehead atoms. The molecule has 0 radical (unpaired) electrons. The summed E-state index contributed by atoms with van der Waals surface area (Å²) >= 11 is 0. The van der Waals surface area contributed by atoms with Gasteiger partial charge in [0.15, 0.2) is 11.6 Å². The number of methoxy groups -OCH3 is 2. The first-order chi connectivity index (χ1) is 34.3. The number of pyridine rings is 2. The number of nitrogens with one attached hydrogen (secondary N) is 2. The van der Waals surface area contributed by atoms with Crippen LogP contribution >= 0.6 is 0 Å². The number of hydrogen-bond donors (Lipinski definition) is 2. The normalized spacial score (nSPS) is 10.9. The predicted molar refractivity (Wildman–Crippen MR) is 260 cm³/mol. The Labute approximate surface area is 402 Å². The Bertz CT molecular complexity index is 3370. The van der Waals surface area contributed by atoms with Gasteiger partial charge in [-0.3, -0.25) is 0 Å². The SMILES string of the molecule is COC(=O)c1cc(Cc2nn[nH]n2)ccc1Cc1ccc(OCc2ccc3ccccc3n2)cc1.COC(=O)c1cc(Cc2nn[nH]n2)ccc1Cc1cccc(OCc2ccc3ccccc3n2)c1. The Morgan fingerprint density at radius 3 is 1.46 bits per heavy atom. The summed E-state index contributed by atoms with van der Waals surface area (Å²) < 4.78 is 22.0. The van der Waals surface area contributed by atoms with Crippen molar-refractivity contribution >= 4 is 33.7 Å². The lowest BCUT2D eigenvalue weighted by Gasteiger charge is -2.12. The lowest BCUT2D eigenvalue weighted by atomic mass is 9.96. The molecule has 0 unspecified atom stereocenters. The molecular formula is C54H46N10O6. The van der Waals surface area contributed by atoms with Crippen LogP contribution in [0.2, 0.25) is 0 Å². The Hall–Kier alpha value is -9.18. The number of H-pyrrole nitrogens is 2. The summed E-state index contributed by atoms with van der Waals surface area (Å²) in [7, 11) is 2.77. The van der Waals surface area contributed by atoms with Crippen LogP contribution in [-0.4, -0.2) is 77.4 Å². The highest BCUT2D eigenvalue weighted by Gasteiger charge is 2.17. The summed E-state index contributed by atoms with van der Waals surface area (Å²) in [6, 6.07) is 51.2. The average molecular weight is 931 g/mol. The number of carbonyl (C=O) groups excluding carboxylic acids is 2. The van der Waals surface area contributed by atoms with Crippen molar-refractivity contribution in [1.82, 2.24) is 51.2 Å². The van der Waals surface area contributed by atoms with Gasteiger partial charge in [0, 0.05) is 23.6 Å². The molecule has 0 atom stereocenters. The number of tetrazole rings is 2. The van der Waals surface area contributed by atoms with E-state index in [1.807, 2.05) is 152 Å². The zero-order chi connectivity index (χ0) is 48.1. The Balaban J connectivity index is 0.000000174. The van der Waals surface area contributed by atoms with Gasteiger partial charge in [-0.1, -0.05) is 107 Å². The number of aromatic amines is 2. The fourth-order valence-electron chi connectivity index (χ4n) is 7.84. The van der Waals surface area contributed by atoms with Crippen LogP contribution in [0.25, 0.3) is 21.8 Å². The van der Waals surface area contributed by atoms with E-state index in [0.29, 0.717) is 61.7 Å². The fourth-order valence-corrected chi connectivity index (χ4v) is 7.84. The molecular weight excluding hydrogens is 885 g/mol. The maximum absolute atomic E-state index is 12.5. The molecule has 0 aliphatic carbocycles. The minimum absolute atomic E-state index is 0.368. The van der Waals surface area contributed by atoms with Crippen molar-refractivity contribution < 1.29 is 28.5 Å². The number of hydrogen-bond acceptors (Lipinski definition) is 14. The van der Waals surface area contributed by atoms with Crippen LogP contribution in [0.15, 0.2) is 158 Å². The van der Waals surface area contributed by atoms with Crippen molar-refractivity contribution in [2.24, 2.45) is 0 Å². The van der Waals surface area contributed by atoms with Gasteiger partial charge in [-0.05, 0) is 107 Å². The number of aromatic nitrogens is 10. The second kappa shape index (κ2) is 22.1. The molecule has 4 heterocycles. The van der Waals surface area contributed by atoms with Gasteiger partial charge in [0.25, 0.3) is 0 Å². The third kappa shape index (κ3) is 11.8. The van der Waals surface area contributed by atoms with E-state index in [4.69, 9.17) is 18.9 Å². The van der Waals surface area contributed by atoms with Crippen LogP contribution in [0.5, 0.6) is 11.5 Å². The Morgan fingerprint density at radius 2 is 0.943 bits per heavy atom. The fraction of sp³-hybridized carbons (Fsp3) is 0.148. The lowest BCUT2D eigenvalue weighted by Crippen LogP contribution is -2.08. The number of esters is 2. The van der Waals surface area contributed by atoms with Gasteiger partial charge < -0.3 is 18.9 Å². The quantitative estimate of drug-likeness (QED) is 0.0871. The third-order valence-corrected chi connectivity index (χ3v) is 11.4. The highest BCUT2D eigenvalue weighted by molar-refractivity contribution is 5.92. The summed E-state index contributed by atoms with van der Waals surface area (Å²) in [5.41, 5.74) is 10.3. The van der Waals surface area contributed by atoms with Crippen molar-refractivity contribution in [2.45, 2.75) is 38.9 Å². The molecule has 10 aromatic rings. The second-order valence-electron chi connectivity index (χ2n) is 16.2. The maximum atomic E-state index is 12.5. The third-order valence-electron chi connectivity index (χ3n) is 11.4. The van der Waals surface area contributed by atoms with E-state index >= 15 is 0 Å². The van der Waals surface area contributed by atoms with Crippen molar-refractivity contribution in [3.8, 4) is 11.5 Å². The summed E-state index contributed by atoms with van der Waals surface area (Å²) in [4.78, 5) is 34.2. The number of rotatable bonds is 16. The molecule has 0 saturated heterocycles. The van der Waals surface area contributed by atoms with Crippen LogP contribution in [-0.2, 0) is 48.4 Å². The Morgan fingerprint density at radius 1 is 0.457 bits per heavy atom. The highest BCUT2D eigenvalue weighted by Crippen LogP contribution is 2.24. The molecule has 0 amide bonds. The van der Waals surface area contributed by atoms with Crippen LogP contribution < -0.4 is 9.47 Å². The van der Waals surface area contributed by atoms with Crippen LogP contribution in [0.1, 0.15) is 77.1 Å². The van der Waals surface area contributed by atoms with Crippen LogP contribution in [0, 0.1) is 0 Å². The zero-order valence-electron chi connectivity index (χ0n) is 38.3. The first kappa shape index (κ1) is 46.0. The van der Waals surface area contributed by atoms with E-state index in [2.05, 4.69) is 57.3 Å². The number of nitrogens with zero attached hydrogens (tertiary/aromatic N) is 8. The molecule has 0 aliphatic heterocycles. The van der Waals surface area contributed by atoms with Crippen LogP contribution in [0.3, 0.4) is 0 Å². The molecule has 4 aromatic heterocycles. The molecule has 16 heteroatoms. The molecule has 16 nitrogen and oxygen atoms in total. The van der Waals surface area contributed by atoms with E-state index in [1.165, 1.54) is 14.2 Å². The molecule has 348 valence electrons. The van der Waals surface area contributed by atoms with Crippen LogP contribution in [0.4, 0.5) is 0 Å². The molecule has 0 aliphatic rings. The van der Waals surface area contributed by atoms with Gasteiger partial charge in [-0.25, -0.2) is 19.6 Å². The van der Waals surface area contributed by atoms with Gasteiger partial charge >= 0.3 is 11.9 Å². The molecule has 0 spiro atoms. The predicted octanol–water partition coefficient (Wildman–Crippen LogP) is 8.59. The molecule has 70 heavy (non-hydrogen) atoms. The van der Waals surface area contributed by atoms with Crippen molar-refractivity contribution in [3.05, 3.63) is 225 Å². The smallest absolute Gasteiger partial charge is 0.338 e. The standard InChI is InChI=1S/2C27H23N5O3/c1-34-27(33)24-15-19(16-26-29-31-32-30-26)9-10-21(24)13-18-5-4-7-23(14-18)35-17-22-12-11-20-6-2-3-8-25(20)28-22;1-34-27(33)24-15-19(16-26-29-31-32-30-26)6-9-21(24)14-18-7-12-23(13-8-18)35-17-22-11-10-20-4-2-3-5-25(20)28-22/h2-12,14-15H,13,16-17H2,1H3,(H,29,30,31,32);2-13,15H,14,16-17H2,1H3,(H,29,30,31,32). The van der Waals surface area contributed by atoms with Gasteiger partial charge in [-0.2, -0.15) is 10.4 Å². The maximum Gasteiger partial charge on any atom is 0.338 e. The minimum atomic E-state index is -0.384. The number of benzene rings is 6. The van der Waals surface area contributed by atoms with Crippen molar-refractivity contribution in [1.29, 1.82) is 0 Å². The average Bonchev–Trinajstić information content (AvgIpc) is 4.13. The van der Waals surface area contributed by atoms with E-state index in [1.54, 1.807) is 0 Å².